The van der Waals surface area contributed by atoms with E-state index in [4.69, 9.17) is 5.73 Å². The number of nitro groups is 1. The first-order chi connectivity index (χ1) is 7.94. The molecular formula is C8H4F6N2O2. The molecule has 2 N–H and O–H groups in total. The molecule has 0 atom stereocenters. The Balaban J connectivity index is 3.64. The third-order valence-corrected chi connectivity index (χ3v) is 1.97. The van der Waals surface area contributed by atoms with Crippen molar-refractivity contribution >= 4 is 11.4 Å². The number of nitrogens with two attached hydrogens (primary N) is 1. The molecule has 0 amide bonds. The minimum atomic E-state index is -5.37. The molecule has 4 nitrogen and oxygen atoms in total. The third-order valence-electron chi connectivity index (χ3n) is 1.97. The van der Waals surface area contributed by atoms with Gasteiger partial charge in [-0.1, -0.05) is 0 Å². The van der Waals surface area contributed by atoms with E-state index in [1.165, 1.54) is 0 Å². The summed E-state index contributed by atoms with van der Waals surface area (Å²) in [5, 5.41) is 10.3. The molecule has 0 aliphatic heterocycles. The predicted molar refractivity (Wildman–Crippen MR) is 47.5 cm³/mol. The van der Waals surface area contributed by atoms with Gasteiger partial charge in [0.2, 0.25) is 0 Å². The van der Waals surface area contributed by atoms with Gasteiger partial charge in [0.15, 0.2) is 0 Å². The van der Waals surface area contributed by atoms with Crippen LogP contribution in [0.25, 0.3) is 0 Å². The molecule has 0 spiro atoms. The van der Waals surface area contributed by atoms with Gasteiger partial charge in [-0.05, 0) is 6.07 Å². The summed E-state index contributed by atoms with van der Waals surface area (Å²) in [7, 11) is 0. The van der Waals surface area contributed by atoms with Gasteiger partial charge >= 0.3 is 12.4 Å². The second-order valence-corrected chi connectivity index (χ2v) is 3.21. The average molecular weight is 274 g/mol. The van der Waals surface area contributed by atoms with Gasteiger partial charge in [0.05, 0.1) is 16.1 Å². The van der Waals surface area contributed by atoms with Crippen LogP contribution in [0.2, 0.25) is 0 Å². The van der Waals surface area contributed by atoms with Gasteiger partial charge in [0, 0.05) is 6.07 Å². The Bertz CT molecular complexity index is 494. The van der Waals surface area contributed by atoms with Crippen molar-refractivity contribution in [3.8, 4) is 0 Å². The van der Waals surface area contributed by atoms with Crippen molar-refractivity contribution in [3.63, 3.8) is 0 Å². The maximum absolute atomic E-state index is 12.4. The second-order valence-electron chi connectivity index (χ2n) is 3.21. The first-order valence-corrected chi connectivity index (χ1v) is 4.17. The van der Waals surface area contributed by atoms with Gasteiger partial charge in [-0.15, -0.1) is 0 Å². The molecule has 0 bridgehead atoms. The molecule has 0 heterocycles. The summed E-state index contributed by atoms with van der Waals surface area (Å²) in [6, 6.07) is -0.320. The lowest BCUT2D eigenvalue weighted by molar-refractivity contribution is -0.384. The fourth-order valence-electron chi connectivity index (χ4n) is 1.23. The van der Waals surface area contributed by atoms with Crippen LogP contribution in [0.5, 0.6) is 0 Å². The summed E-state index contributed by atoms with van der Waals surface area (Å²) in [6.45, 7) is 0. The monoisotopic (exact) mass is 274 g/mol. The maximum atomic E-state index is 12.4. The van der Waals surface area contributed by atoms with Crippen LogP contribution in [0.4, 0.5) is 37.7 Å². The molecule has 0 aliphatic rings. The van der Waals surface area contributed by atoms with Crippen LogP contribution >= 0.6 is 0 Å². The van der Waals surface area contributed by atoms with Crippen LogP contribution in [0.15, 0.2) is 12.1 Å². The molecule has 0 radical (unpaired) electrons. The predicted octanol–water partition coefficient (Wildman–Crippen LogP) is 3.21. The minimum absolute atomic E-state index is 0.0963. The second kappa shape index (κ2) is 4.03. The number of hydrogen-bond donors (Lipinski definition) is 1. The minimum Gasteiger partial charge on any atom is -0.393 e. The highest BCUT2D eigenvalue weighted by atomic mass is 19.4. The molecule has 1 aromatic rings. The highest BCUT2D eigenvalue weighted by Gasteiger charge is 2.44. The number of anilines is 1. The zero-order valence-corrected chi connectivity index (χ0v) is 8.26. The van der Waals surface area contributed by atoms with Gasteiger partial charge in [0.1, 0.15) is 5.69 Å². The van der Waals surface area contributed by atoms with E-state index in [1.807, 2.05) is 0 Å². The number of halogens is 6. The summed E-state index contributed by atoms with van der Waals surface area (Å²) in [4.78, 5) is 9.05. The summed E-state index contributed by atoms with van der Waals surface area (Å²) in [6.07, 6.45) is -10.7. The summed E-state index contributed by atoms with van der Waals surface area (Å²) >= 11 is 0. The van der Waals surface area contributed by atoms with E-state index in [-0.39, 0.29) is 12.1 Å². The topological polar surface area (TPSA) is 69.2 Å². The molecule has 0 fully saturated rings. The van der Waals surface area contributed by atoms with Crippen LogP contribution in [0.1, 0.15) is 11.1 Å². The van der Waals surface area contributed by atoms with E-state index in [0.717, 1.165) is 0 Å². The summed E-state index contributed by atoms with van der Waals surface area (Å²) < 4.78 is 74.3. The van der Waals surface area contributed by atoms with E-state index in [2.05, 4.69) is 0 Å². The van der Waals surface area contributed by atoms with Crippen molar-refractivity contribution in [1.29, 1.82) is 0 Å². The van der Waals surface area contributed by atoms with Crippen molar-refractivity contribution < 1.29 is 31.3 Å². The van der Waals surface area contributed by atoms with Crippen molar-refractivity contribution in [2.45, 2.75) is 12.4 Å². The Labute approximate surface area is 95.1 Å². The number of benzene rings is 1. The number of nitro benzene ring substituents is 1. The van der Waals surface area contributed by atoms with Crippen molar-refractivity contribution in [2.24, 2.45) is 0 Å². The standard InChI is InChI=1S/C8H4F6N2O2/c9-7(10,11)3-1-5(15)6(16(17)18)2-4(3)8(12,13)14/h1-2H,15H2. The third kappa shape index (κ3) is 2.63. The Morgan fingerprint density at radius 1 is 1.00 bits per heavy atom. The van der Waals surface area contributed by atoms with Crippen LogP contribution in [0.3, 0.4) is 0 Å². The first-order valence-electron chi connectivity index (χ1n) is 4.17. The Morgan fingerprint density at radius 2 is 1.39 bits per heavy atom. The van der Waals surface area contributed by atoms with E-state index < -0.39 is 39.8 Å². The van der Waals surface area contributed by atoms with Gasteiger partial charge in [-0.25, -0.2) is 0 Å². The van der Waals surface area contributed by atoms with Gasteiger partial charge < -0.3 is 5.73 Å². The SMILES string of the molecule is Nc1cc(C(F)(F)F)c(C(F)(F)F)cc1[N+](=O)[O-]. The van der Waals surface area contributed by atoms with E-state index in [0.29, 0.717) is 0 Å². The Hall–Kier alpha value is -2.00. The van der Waals surface area contributed by atoms with E-state index >= 15 is 0 Å². The van der Waals surface area contributed by atoms with Crippen LogP contribution in [-0.2, 0) is 12.4 Å². The molecule has 0 saturated heterocycles. The molecule has 100 valence electrons. The lowest BCUT2D eigenvalue weighted by atomic mass is 10.0. The number of rotatable bonds is 1. The summed E-state index contributed by atoms with van der Waals surface area (Å²) in [5.74, 6) is 0. The summed E-state index contributed by atoms with van der Waals surface area (Å²) in [5.41, 5.74) is -1.49. The fraction of sp³-hybridized carbons (Fsp3) is 0.250. The van der Waals surface area contributed by atoms with Gasteiger partial charge in [-0.3, -0.25) is 10.1 Å². The Kier molecular flexibility index (Phi) is 3.15. The molecule has 1 rings (SSSR count). The first kappa shape index (κ1) is 14.1. The van der Waals surface area contributed by atoms with Crippen molar-refractivity contribution in [2.75, 3.05) is 5.73 Å². The van der Waals surface area contributed by atoms with Crippen LogP contribution < -0.4 is 5.73 Å². The quantitative estimate of drug-likeness (QED) is 0.370. The van der Waals surface area contributed by atoms with Gasteiger partial charge in [-0.2, -0.15) is 26.3 Å². The molecular weight excluding hydrogens is 270 g/mol. The number of alkyl halides is 6. The average Bonchev–Trinajstić information content (AvgIpc) is 2.13. The van der Waals surface area contributed by atoms with Crippen molar-refractivity contribution in [1.82, 2.24) is 0 Å². The van der Waals surface area contributed by atoms with Crippen molar-refractivity contribution in [3.05, 3.63) is 33.4 Å². The van der Waals surface area contributed by atoms with E-state index in [9.17, 15) is 36.5 Å². The molecule has 10 heteroatoms. The van der Waals surface area contributed by atoms with Crippen LogP contribution in [-0.4, -0.2) is 4.92 Å². The van der Waals surface area contributed by atoms with Crippen LogP contribution in [0, 0.1) is 10.1 Å². The largest absolute Gasteiger partial charge is 0.417 e. The normalized spacial score (nSPS) is 12.6. The molecule has 0 unspecified atom stereocenters. The lowest BCUT2D eigenvalue weighted by Crippen LogP contribution is -2.17. The molecule has 0 aromatic heterocycles. The fourth-order valence-corrected chi connectivity index (χ4v) is 1.23. The molecule has 0 aliphatic carbocycles. The zero-order valence-electron chi connectivity index (χ0n) is 8.26. The molecule has 18 heavy (non-hydrogen) atoms. The highest BCUT2D eigenvalue weighted by Crippen LogP contribution is 2.43. The number of hydrogen-bond acceptors (Lipinski definition) is 3. The molecule has 1 aromatic carbocycles. The smallest absolute Gasteiger partial charge is 0.393 e. The lowest BCUT2D eigenvalue weighted by Gasteiger charge is -2.15. The number of nitrogen functional groups attached to an aromatic ring is 1. The van der Waals surface area contributed by atoms with E-state index in [1.54, 1.807) is 0 Å². The zero-order chi connectivity index (χ0) is 14.3. The number of nitrogens with zero attached hydrogens (tertiary/aromatic N) is 1. The highest BCUT2D eigenvalue weighted by molar-refractivity contribution is 5.62. The molecule has 0 saturated carbocycles. The van der Waals surface area contributed by atoms with Gasteiger partial charge in [0.25, 0.3) is 5.69 Å². The maximum Gasteiger partial charge on any atom is 0.417 e. The Morgan fingerprint density at radius 3 is 1.72 bits per heavy atom.